The molecule has 0 saturated heterocycles. The maximum Gasteiger partial charge on any atom is 0.220 e. The van der Waals surface area contributed by atoms with Crippen LogP contribution in [0, 0.1) is 17.0 Å². The van der Waals surface area contributed by atoms with Crippen molar-refractivity contribution in [2.75, 3.05) is 5.43 Å². The molecule has 6 heteroatoms. The van der Waals surface area contributed by atoms with Crippen LogP contribution in [0.5, 0.6) is 0 Å². The number of hydrogen-bond acceptors (Lipinski definition) is 4. The van der Waals surface area contributed by atoms with E-state index in [9.17, 15) is 10.1 Å². The number of nitrogens with zero attached hydrogens (tertiary/aromatic N) is 3. The Balaban J connectivity index is 2.66. The van der Waals surface area contributed by atoms with E-state index in [2.05, 4.69) is 10.2 Å². The molecule has 0 spiro atoms. The van der Waals surface area contributed by atoms with Crippen LogP contribution in [0.4, 0.5) is 5.82 Å². The summed E-state index contributed by atoms with van der Waals surface area (Å²) in [6.07, 6.45) is 0. The predicted octanol–water partition coefficient (Wildman–Crippen LogP) is 1.54. The van der Waals surface area contributed by atoms with E-state index >= 15 is 0 Å². The van der Waals surface area contributed by atoms with Crippen molar-refractivity contribution in [2.24, 2.45) is 0 Å². The molecule has 0 bridgehead atoms. The third kappa shape index (κ3) is 1.69. The molecule has 0 radical (unpaired) electrons. The molecule has 1 aromatic carbocycles. The van der Waals surface area contributed by atoms with Crippen LogP contribution in [0.1, 0.15) is 5.69 Å². The first-order chi connectivity index (χ1) is 7.18. The van der Waals surface area contributed by atoms with Crippen molar-refractivity contribution in [3.8, 4) is 0 Å². The average Bonchev–Trinajstić information content (AvgIpc) is 2.22. The Morgan fingerprint density at radius 3 is 2.60 bits per heavy atom. The Morgan fingerprint density at radius 1 is 1.27 bits per heavy atom. The van der Waals surface area contributed by atoms with E-state index < -0.39 is 5.03 Å². The number of aryl methyl sites for hydroxylation is 1. The van der Waals surface area contributed by atoms with Crippen molar-refractivity contribution in [3.63, 3.8) is 0 Å². The van der Waals surface area contributed by atoms with Gasteiger partial charge >= 0.3 is 0 Å². The SMILES string of the molecule is Cc1nnc(N[N+](=O)[O-])c2ccccc12. The number of nitrogens with one attached hydrogen (secondary N) is 1. The zero-order chi connectivity index (χ0) is 10.8. The fraction of sp³-hybridized carbons (Fsp3) is 0.111. The fourth-order valence-electron chi connectivity index (χ4n) is 1.41. The summed E-state index contributed by atoms with van der Waals surface area (Å²) in [7, 11) is 0. The lowest BCUT2D eigenvalue weighted by Gasteiger charge is -2.03. The van der Waals surface area contributed by atoms with E-state index in [-0.39, 0.29) is 5.82 Å². The Kier molecular flexibility index (Phi) is 2.17. The van der Waals surface area contributed by atoms with Crippen molar-refractivity contribution in [2.45, 2.75) is 6.92 Å². The van der Waals surface area contributed by atoms with E-state index in [0.717, 1.165) is 11.1 Å². The molecule has 0 fully saturated rings. The Morgan fingerprint density at radius 2 is 1.93 bits per heavy atom. The predicted molar refractivity (Wildman–Crippen MR) is 54.9 cm³/mol. The highest BCUT2D eigenvalue weighted by Gasteiger charge is 2.09. The van der Waals surface area contributed by atoms with Crippen molar-refractivity contribution < 1.29 is 5.03 Å². The Labute approximate surface area is 85.1 Å². The van der Waals surface area contributed by atoms with Crippen molar-refractivity contribution in [3.05, 3.63) is 40.1 Å². The number of rotatable bonds is 2. The largest absolute Gasteiger partial charge is 0.234 e. The van der Waals surface area contributed by atoms with E-state index in [1.54, 1.807) is 12.1 Å². The van der Waals surface area contributed by atoms with Gasteiger partial charge in [0.2, 0.25) is 5.82 Å². The number of hydrogen-bond donors (Lipinski definition) is 1. The highest BCUT2D eigenvalue weighted by atomic mass is 16.7. The van der Waals surface area contributed by atoms with Gasteiger partial charge < -0.3 is 0 Å². The summed E-state index contributed by atoms with van der Waals surface area (Å²) >= 11 is 0. The molecule has 0 aliphatic carbocycles. The van der Waals surface area contributed by atoms with Gasteiger partial charge in [-0.05, 0) is 6.92 Å². The summed E-state index contributed by atoms with van der Waals surface area (Å²) < 4.78 is 0. The zero-order valence-corrected chi connectivity index (χ0v) is 7.97. The first kappa shape index (κ1) is 9.32. The van der Waals surface area contributed by atoms with E-state index in [1.165, 1.54) is 0 Å². The maximum atomic E-state index is 10.3. The van der Waals surface area contributed by atoms with Gasteiger partial charge in [0.25, 0.3) is 0 Å². The minimum atomic E-state index is -0.647. The number of benzene rings is 1. The third-order valence-electron chi connectivity index (χ3n) is 2.07. The number of aromatic nitrogens is 2. The molecule has 1 N–H and O–H groups in total. The molecule has 2 rings (SSSR count). The van der Waals surface area contributed by atoms with E-state index in [1.807, 2.05) is 24.5 Å². The smallest absolute Gasteiger partial charge is 0.220 e. The second-order valence-electron chi connectivity index (χ2n) is 3.05. The lowest BCUT2D eigenvalue weighted by Crippen LogP contribution is -2.10. The van der Waals surface area contributed by atoms with Gasteiger partial charge in [0.05, 0.1) is 5.69 Å². The van der Waals surface area contributed by atoms with E-state index in [0.29, 0.717) is 5.39 Å². The van der Waals surface area contributed by atoms with Gasteiger partial charge in [0.1, 0.15) is 0 Å². The van der Waals surface area contributed by atoms with Gasteiger partial charge in [-0.1, -0.05) is 29.7 Å². The van der Waals surface area contributed by atoms with Crippen LogP contribution in [-0.4, -0.2) is 15.2 Å². The molecule has 76 valence electrons. The van der Waals surface area contributed by atoms with Gasteiger partial charge in [-0.15, -0.1) is 5.10 Å². The van der Waals surface area contributed by atoms with Crippen molar-refractivity contribution >= 4 is 16.6 Å². The Bertz CT molecular complexity index is 527. The number of anilines is 1. The van der Waals surface area contributed by atoms with Gasteiger partial charge in [-0.3, -0.25) is 0 Å². The normalized spacial score (nSPS) is 10.2. The molecule has 0 aliphatic heterocycles. The van der Waals surface area contributed by atoms with Crippen LogP contribution in [-0.2, 0) is 0 Å². The molecule has 0 amide bonds. The van der Waals surface area contributed by atoms with Crippen molar-refractivity contribution in [1.29, 1.82) is 0 Å². The average molecular weight is 204 g/mol. The first-order valence-corrected chi connectivity index (χ1v) is 4.31. The van der Waals surface area contributed by atoms with Crippen LogP contribution in [0.3, 0.4) is 0 Å². The summed E-state index contributed by atoms with van der Waals surface area (Å²) in [5, 5.41) is 18.8. The molecule has 0 saturated carbocycles. The summed E-state index contributed by atoms with van der Waals surface area (Å²) in [5.74, 6) is 0.168. The van der Waals surface area contributed by atoms with Gasteiger partial charge in [-0.2, -0.15) is 5.10 Å². The second kappa shape index (κ2) is 3.49. The fourth-order valence-corrected chi connectivity index (χ4v) is 1.41. The van der Waals surface area contributed by atoms with Crippen LogP contribution in [0.2, 0.25) is 0 Å². The van der Waals surface area contributed by atoms with Gasteiger partial charge in [0.15, 0.2) is 5.03 Å². The first-order valence-electron chi connectivity index (χ1n) is 4.31. The monoisotopic (exact) mass is 204 g/mol. The zero-order valence-electron chi connectivity index (χ0n) is 7.97. The minimum Gasteiger partial charge on any atom is -0.234 e. The molecule has 0 aliphatic rings. The number of nitro groups is 1. The Hall–Kier alpha value is -2.24. The number of fused-ring (bicyclic) bond motifs is 1. The molecule has 0 unspecified atom stereocenters. The second-order valence-corrected chi connectivity index (χ2v) is 3.05. The summed E-state index contributed by atoms with van der Waals surface area (Å²) in [6.45, 7) is 1.81. The maximum absolute atomic E-state index is 10.3. The molecular formula is C9H8N4O2. The van der Waals surface area contributed by atoms with Gasteiger partial charge in [0, 0.05) is 10.8 Å². The summed E-state index contributed by atoms with van der Waals surface area (Å²) in [6, 6.07) is 7.27. The lowest BCUT2D eigenvalue weighted by molar-refractivity contribution is -0.445. The quantitative estimate of drug-likeness (QED) is 0.592. The molecule has 1 heterocycles. The molecule has 0 atom stereocenters. The van der Waals surface area contributed by atoms with Crippen LogP contribution < -0.4 is 5.43 Å². The number of hydrazine groups is 1. The van der Waals surface area contributed by atoms with Crippen LogP contribution >= 0.6 is 0 Å². The minimum absolute atomic E-state index is 0.168. The standard InChI is InChI=1S/C9H8N4O2/c1-6-7-4-2-3-5-8(7)9(11-10-6)12-13(14)15/h2-5H,1H3,(H,11,12). The highest BCUT2D eigenvalue weighted by molar-refractivity contribution is 5.92. The van der Waals surface area contributed by atoms with Gasteiger partial charge in [-0.25, -0.2) is 10.1 Å². The summed E-state index contributed by atoms with van der Waals surface area (Å²) in [5.41, 5.74) is 2.77. The molecule has 15 heavy (non-hydrogen) atoms. The molecule has 6 nitrogen and oxygen atoms in total. The third-order valence-corrected chi connectivity index (χ3v) is 2.07. The molecular weight excluding hydrogens is 196 g/mol. The highest BCUT2D eigenvalue weighted by Crippen LogP contribution is 2.21. The lowest BCUT2D eigenvalue weighted by atomic mass is 10.1. The van der Waals surface area contributed by atoms with Crippen molar-refractivity contribution in [1.82, 2.24) is 10.2 Å². The van der Waals surface area contributed by atoms with Crippen LogP contribution in [0.25, 0.3) is 10.8 Å². The van der Waals surface area contributed by atoms with E-state index in [4.69, 9.17) is 0 Å². The molecule has 1 aromatic heterocycles. The summed E-state index contributed by atoms with van der Waals surface area (Å²) in [4.78, 5) is 10.3. The molecule has 2 aromatic rings. The van der Waals surface area contributed by atoms with Crippen LogP contribution in [0.15, 0.2) is 24.3 Å². The topological polar surface area (TPSA) is 81.0 Å².